The number of hydrazone groups is 1. The molecule has 1 fully saturated rings. The molecule has 5 heteroatoms. The number of aliphatic imine (C=N–C) groups is 1. The van der Waals surface area contributed by atoms with Crippen molar-refractivity contribution in [1.82, 2.24) is 5.01 Å². The summed E-state index contributed by atoms with van der Waals surface area (Å²) in [5.41, 5.74) is 4.24. The molecule has 0 saturated heterocycles. The summed E-state index contributed by atoms with van der Waals surface area (Å²) in [7, 11) is 6.98. The number of amidine groups is 1. The van der Waals surface area contributed by atoms with E-state index in [-0.39, 0.29) is 21.2 Å². The summed E-state index contributed by atoms with van der Waals surface area (Å²) in [6.45, 7) is 9.44. The molecule has 4 nitrogen and oxygen atoms in total. The summed E-state index contributed by atoms with van der Waals surface area (Å²) >= 11 is -0.272. The Morgan fingerprint density at radius 1 is 1.00 bits per heavy atom. The maximum absolute atomic E-state index is 5.02. The second-order valence-electron chi connectivity index (χ2n) is 13.0. The topological polar surface area (TPSA) is 28.0 Å². The van der Waals surface area contributed by atoms with Gasteiger partial charge in [0.05, 0.1) is 27.7 Å². The molecule has 2 aromatic carbocycles. The summed E-state index contributed by atoms with van der Waals surface area (Å²) in [5, 5.41) is 7.23. The van der Waals surface area contributed by atoms with Crippen LogP contribution in [0.25, 0.3) is 0 Å². The van der Waals surface area contributed by atoms with Gasteiger partial charge >= 0.3 is 197 Å². The van der Waals surface area contributed by atoms with Crippen LogP contribution in [0.15, 0.2) is 58.6 Å². The van der Waals surface area contributed by atoms with Gasteiger partial charge in [0.2, 0.25) is 0 Å². The molecule has 1 aliphatic heterocycles. The number of para-hydroxylation sites is 1. The number of benzene rings is 2. The van der Waals surface area contributed by atoms with Gasteiger partial charge in [-0.25, -0.2) is 0 Å². The molecule has 1 aliphatic carbocycles. The predicted octanol–water partition coefficient (Wildman–Crippen LogP) is 4.87. The Balaban J connectivity index is 1.41. The minimum absolute atomic E-state index is 0.272. The number of halogens is 1. The van der Waals surface area contributed by atoms with Gasteiger partial charge in [0.15, 0.2) is 0 Å². The summed E-state index contributed by atoms with van der Waals surface area (Å²) in [6.07, 6.45) is 12.3. The Morgan fingerprint density at radius 2 is 1.76 bits per heavy atom. The van der Waals surface area contributed by atoms with E-state index >= 15 is 0 Å². The SMILES string of the molecule is CCCCCCN(/N=C/c1cccc(C2CCC(C(C)(C)C[N+](C)(C)C)CC2)c1)C1=Nc2ccccc2[I-]1. The van der Waals surface area contributed by atoms with Gasteiger partial charge in [0, 0.05) is 0 Å². The van der Waals surface area contributed by atoms with E-state index in [9.17, 15) is 0 Å². The molecule has 0 N–H and O–H groups in total. The van der Waals surface area contributed by atoms with Crippen LogP contribution in [0, 0.1) is 14.9 Å². The van der Waals surface area contributed by atoms with Crippen LogP contribution in [0.2, 0.25) is 0 Å². The molecule has 1 saturated carbocycles. The van der Waals surface area contributed by atoms with Gasteiger partial charge < -0.3 is 4.48 Å². The third kappa shape index (κ3) is 8.14. The molecule has 38 heavy (non-hydrogen) atoms. The number of quaternary nitrogens is 1. The minimum atomic E-state index is -0.272. The van der Waals surface area contributed by atoms with E-state index in [1.807, 2.05) is 0 Å². The molecule has 0 atom stereocenters. The van der Waals surface area contributed by atoms with Crippen LogP contribution >= 0.6 is 0 Å². The summed E-state index contributed by atoms with van der Waals surface area (Å²) in [5.74, 6) is 1.49. The molecule has 0 radical (unpaired) electrons. The molecule has 0 unspecified atom stereocenters. The van der Waals surface area contributed by atoms with E-state index in [2.05, 4.69) is 102 Å². The number of nitrogens with zero attached hydrogens (tertiary/aromatic N) is 4. The van der Waals surface area contributed by atoms with E-state index in [4.69, 9.17) is 10.1 Å². The molecule has 0 amide bonds. The van der Waals surface area contributed by atoms with Crippen LogP contribution in [-0.4, -0.2) is 53.8 Å². The van der Waals surface area contributed by atoms with Gasteiger partial charge in [-0.15, -0.1) is 0 Å². The van der Waals surface area contributed by atoms with Crippen molar-refractivity contribution in [1.29, 1.82) is 0 Å². The molecule has 0 aromatic heterocycles. The van der Waals surface area contributed by atoms with Crippen LogP contribution in [0.5, 0.6) is 0 Å². The maximum atomic E-state index is 5.02. The predicted molar refractivity (Wildman–Crippen MR) is 158 cm³/mol. The van der Waals surface area contributed by atoms with Gasteiger partial charge in [0.25, 0.3) is 0 Å². The first kappa shape index (κ1) is 29.3. The van der Waals surface area contributed by atoms with E-state index in [0.29, 0.717) is 11.3 Å². The first-order chi connectivity index (χ1) is 18.1. The van der Waals surface area contributed by atoms with Gasteiger partial charge in [-0.05, 0) is 0 Å². The second kappa shape index (κ2) is 13.1. The van der Waals surface area contributed by atoms with Gasteiger partial charge in [-0.1, -0.05) is 13.8 Å². The van der Waals surface area contributed by atoms with E-state index in [1.165, 1.54) is 70.0 Å². The van der Waals surface area contributed by atoms with Gasteiger partial charge in [-0.2, -0.15) is 0 Å². The fourth-order valence-corrected chi connectivity index (χ4v) is 8.92. The van der Waals surface area contributed by atoms with Crippen LogP contribution in [0.4, 0.5) is 5.69 Å². The monoisotopic (exact) mass is 628 g/mol. The van der Waals surface area contributed by atoms with Crippen molar-refractivity contribution in [3.8, 4) is 0 Å². The average molecular weight is 629 g/mol. The standard InChI is InChI=1S/C33H49IN4/c1-7-8-9-12-22-37(32-34-30-16-10-11-17-31(30)36-32)35-24-26-14-13-15-28(23-26)27-18-20-29(21-19-27)33(2,3)25-38(4,5)6/h10-11,13-17,23-24,27,29H,7-9,12,18-22,25H2,1-6H3/b35-24+. The first-order valence-corrected chi connectivity index (χ1v) is 16.8. The molecule has 208 valence electrons. The second-order valence-corrected chi connectivity index (χ2v) is 15.7. The van der Waals surface area contributed by atoms with E-state index < -0.39 is 0 Å². The van der Waals surface area contributed by atoms with Crippen LogP contribution in [0.1, 0.15) is 89.2 Å². The number of unbranched alkanes of at least 4 members (excludes halogenated alkanes) is 3. The van der Waals surface area contributed by atoms with Crippen LogP contribution in [-0.2, 0) is 0 Å². The average Bonchev–Trinajstić information content (AvgIpc) is 3.31. The number of fused-ring (bicyclic) bond motifs is 1. The summed E-state index contributed by atoms with van der Waals surface area (Å²) < 4.78 is 3.64. The van der Waals surface area contributed by atoms with Crippen molar-refractivity contribution in [3.05, 3.63) is 63.2 Å². The molecule has 0 bridgehead atoms. The van der Waals surface area contributed by atoms with Crippen LogP contribution in [0.3, 0.4) is 0 Å². The molecular formula is C33H49IN4. The fourth-order valence-electron chi connectivity index (χ4n) is 6.42. The quantitative estimate of drug-likeness (QED) is 0.0873. The first-order valence-electron chi connectivity index (χ1n) is 14.7. The summed E-state index contributed by atoms with van der Waals surface area (Å²) in [4.78, 5) is 4.98. The number of rotatable bonds is 11. The van der Waals surface area contributed by atoms with Crippen molar-refractivity contribution < 1.29 is 25.7 Å². The van der Waals surface area contributed by atoms with Gasteiger partial charge in [0.1, 0.15) is 0 Å². The third-order valence-corrected chi connectivity index (χ3v) is 10.9. The molecule has 0 spiro atoms. The van der Waals surface area contributed by atoms with E-state index in [1.54, 1.807) is 0 Å². The van der Waals surface area contributed by atoms with Crippen LogP contribution < -0.4 is 21.2 Å². The van der Waals surface area contributed by atoms with E-state index in [0.717, 1.165) is 29.1 Å². The Morgan fingerprint density at radius 3 is 2.47 bits per heavy atom. The van der Waals surface area contributed by atoms with Crippen molar-refractivity contribution in [2.75, 3.05) is 34.2 Å². The van der Waals surface area contributed by atoms with Crippen molar-refractivity contribution in [2.24, 2.45) is 21.4 Å². The fraction of sp³-hybridized carbons (Fsp3) is 0.576. The summed E-state index contributed by atoms with van der Waals surface area (Å²) in [6, 6.07) is 17.8. The Hall–Kier alpha value is -1.73. The Kier molecular flexibility index (Phi) is 10.1. The van der Waals surface area contributed by atoms with Crippen molar-refractivity contribution >= 4 is 15.7 Å². The van der Waals surface area contributed by atoms with Crippen molar-refractivity contribution in [3.63, 3.8) is 0 Å². The van der Waals surface area contributed by atoms with Crippen molar-refractivity contribution in [2.45, 2.75) is 78.1 Å². The molecule has 1 heterocycles. The molecule has 2 aliphatic rings. The third-order valence-electron chi connectivity index (χ3n) is 8.13. The molecule has 2 aromatic rings. The zero-order chi connectivity index (χ0) is 27.2. The normalized spacial score (nSPS) is 20.2. The number of hydrogen-bond donors (Lipinski definition) is 0. The number of hydrogen-bond acceptors (Lipinski definition) is 3. The zero-order valence-corrected chi connectivity index (χ0v) is 26.7. The Bertz CT molecular complexity index is 1110. The molecule has 4 rings (SSSR count). The zero-order valence-electron chi connectivity index (χ0n) is 24.6. The molecular weight excluding hydrogens is 579 g/mol. The van der Waals surface area contributed by atoms with Gasteiger partial charge in [-0.3, -0.25) is 0 Å². The Labute approximate surface area is 242 Å².